The van der Waals surface area contributed by atoms with E-state index in [-0.39, 0.29) is 12.2 Å². The highest BCUT2D eigenvalue weighted by Crippen LogP contribution is 2.33. The van der Waals surface area contributed by atoms with Gasteiger partial charge in [-0.1, -0.05) is 0 Å². The Morgan fingerprint density at radius 3 is 3.00 bits per heavy atom. The van der Waals surface area contributed by atoms with Gasteiger partial charge in [-0.2, -0.15) is 0 Å². The third kappa shape index (κ3) is 3.60. The van der Waals surface area contributed by atoms with Crippen molar-refractivity contribution in [1.29, 1.82) is 0 Å². The van der Waals surface area contributed by atoms with E-state index in [4.69, 9.17) is 9.47 Å². The van der Waals surface area contributed by atoms with Crippen molar-refractivity contribution in [3.63, 3.8) is 0 Å². The predicted octanol–water partition coefficient (Wildman–Crippen LogP) is 3.71. The second-order valence-electron chi connectivity index (χ2n) is 6.64. The lowest BCUT2D eigenvalue weighted by Gasteiger charge is -2.24. The van der Waals surface area contributed by atoms with Crippen LogP contribution >= 0.6 is 15.9 Å². The van der Waals surface area contributed by atoms with Gasteiger partial charge in [-0.3, -0.25) is 0 Å². The van der Waals surface area contributed by atoms with Crippen molar-refractivity contribution in [3.05, 3.63) is 23.1 Å². The molecule has 0 aliphatic carbocycles. The molecule has 23 heavy (non-hydrogen) atoms. The average molecular weight is 382 g/mol. The largest absolute Gasteiger partial charge is 0.485 e. The van der Waals surface area contributed by atoms with Crippen molar-refractivity contribution in [2.45, 2.75) is 38.9 Å². The van der Waals surface area contributed by atoms with E-state index in [9.17, 15) is 4.79 Å². The Morgan fingerprint density at radius 1 is 1.48 bits per heavy atom. The number of nitrogens with one attached hydrogen (secondary N) is 1. The fourth-order valence-electron chi connectivity index (χ4n) is 2.57. The molecule has 1 N–H and O–H groups in total. The highest BCUT2D eigenvalue weighted by Gasteiger charge is 2.31. The highest BCUT2D eigenvalue weighted by atomic mass is 79.9. The van der Waals surface area contributed by atoms with Crippen molar-refractivity contribution < 1.29 is 14.3 Å². The number of rotatable bonds is 2. The Morgan fingerprint density at radius 2 is 2.26 bits per heavy atom. The van der Waals surface area contributed by atoms with E-state index in [0.29, 0.717) is 23.4 Å². The van der Waals surface area contributed by atoms with Gasteiger partial charge in [0.1, 0.15) is 16.3 Å². The number of hydrogen-bond acceptors (Lipinski definition) is 4. The molecule has 1 amide bonds. The highest BCUT2D eigenvalue weighted by molar-refractivity contribution is 9.10. The maximum absolute atomic E-state index is 12.1. The van der Waals surface area contributed by atoms with Crippen LogP contribution in [0.1, 0.15) is 27.2 Å². The summed E-state index contributed by atoms with van der Waals surface area (Å²) in [5, 5.41) is 0.975. The summed E-state index contributed by atoms with van der Waals surface area (Å²) in [5.41, 5.74) is 0.435. The van der Waals surface area contributed by atoms with E-state index in [1.165, 1.54) is 0 Å². The zero-order valence-electron chi connectivity index (χ0n) is 13.4. The summed E-state index contributed by atoms with van der Waals surface area (Å²) in [6.45, 7) is 6.74. The topological polar surface area (TPSA) is 67.4 Å². The number of aromatic nitrogens is 2. The van der Waals surface area contributed by atoms with Crippen LogP contribution in [0.3, 0.4) is 0 Å². The first-order valence-corrected chi connectivity index (χ1v) is 8.39. The van der Waals surface area contributed by atoms with Gasteiger partial charge >= 0.3 is 6.09 Å². The number of halogens is 1. The van der Waals surface area contributed by atoms with Crippen LogP contribution in [0.25, 0.3) is 10.9 Å². The fraction of sp³-hybridized carbons (Fsp3) is 0.500. The average Bonchev–Trinajstić information content (AvgIpc) is 3.09. The van der Waals surface area contributed by atoms with Gasteiger partial charge in [0.05, 0.1) is 18.3 Å². The zero-order valence-corrected chi connectivity index (χ0v) is 15.0. The third-order valence-corrected chi connectivity index (χ3v) is 4.16. The van der Waals surface area contributed by atoms with Gasteiger partial charge in [0.15, 0.2) is 5.75 Å². The Labute approximate surface area is 143 Å². The zero-order chi connectivity index (χ0) is 16.6. The molecule has 2 aromatic rings. The Bertz CT molecular complexity index is 723. The second-order valence-corrected chi connectivity index (χ2v) is 7.39. The minimum atomic E-state index is -0.486. The van der Waals surface area contributed by atoms with Crippen LogP contribution in [0.4, 0.5) is 4.79 Å². The molecule has 0 bridgehead atoms. The van der Waals surface area contributed by atoms with Crippen LogP contribution in [0.15, 0.2) is 23.1 Å². The molecule has 1 aliphatic heterocycles. The van der Waals surface area contributed by atoms with Gasteiger partial charge in [-0.05, 0) is 42.8 Å². The molecule has 1 unspecified atom stereocenters. The SMILES string of the molecule is CC(C)(C)OC(=O)N1CCC(Oc2c(Br)ncc3[nH]ccc23)C1. The number of likely N-dealkylation sites (tertiary alicyclic amines) is 1. The lowest BCUT2D eigenvalue weighted by molar-refractivity contribution is 0.0276. The molecule has 3 heterocycles. The van der Waals surface area contributed by atoms with E-state index in [0.717, 1.165) is 17.3 Å². The number of pyridine rings is 1. The number of carbonyl (C=O) groups excluding carboxylic acids is 1. The van der Waals surface area contributed by atoms with Crippen molar-refractivity contribution in [1.82, 2.24) is 14.9 Å². The number of H-pyrrole nitrogens is 1. The molecule has 3 rings (SSSR count). The van der Waals surface area contributed by atoms with E-state index in [1.54, 1.807) is 11.1 Å². The number of nitrogens with zero attached hydrogens (tertiary/aromatic N) is 2. The number of aromatic amines is 1. The Kier molecular flexibility index (Phi) is 4.23. The van der Waals surface area contributed by atoms with Crippen LogP contribution in [0.5, 0.6) is 5.75 Å². The molecule has 1 atom stereocenters. The molecule has 1 aliphatic rings. The van der Waals surface area contributed by atoms with Crippen molar-refractivity contribution in [3.8, 4) is 5.75 Å². The van der Waals surface area contributed by atoms with E-state index in [2.05, 4.69) is 25.9 Å². The van der Waals surface area contributed by atoms with Crippen LogP contribution in [-0.4, -0.2) is 45.8 Å². The summed E-state index contributed by atoms with van der Waals surface area (Å²) >= 11 is 3.44. The van der Waals surface area contributed by atoms with E-state index >= 15 is 0 Å². The summed E-state index contributed by atoms with van der Waals surface area (Å²) < 4.78 is 12.2. The molecule has 0 radical (unpaired) electrons. The van der Waals surface area contributed by atoms with Crippen LogP contribution in [0, 0.1) is 0 Å². The second kappa shape index (κ2) is 6.03. The Balaban J connectivity index is 1.69. The van der Waals surface area contributed by atoms with Crippen LogP contribution < -0.4 is 4.74 Å². The third-order valence-electron chi connectivity index (χ3n) is 3.60. The Hall–Kier alpha value is -1.76. The van der Waals surface area contributed by atoms with Crippen molar-refractivity contribution in [2.75, 3.05) is 13.1 Å². The molecule has 0 aromatic carbocycles. The number of hydrogen-bond donors (Lipinski definition) is 1. The molecule has 0 spiro atoms. The summed E-state index contributed by atoms with van der Waals surface area (Å²) in [5.74, 6) is 0.708. The van der Waals surface area contributed by atoms with Crippen LogP contribution in [0.2, 0.25) is 0 Å². The molecule has 1 fully saturated rings. The van der Waals surface area contributed by atoms with Gasteiger partial charge in [0.25, 0.3) is 0 Å². The number of amides is 1. The summed E-state index contributed by atoms with van der Waals surface area (Å²) in [7, 11) is 0. The summed E-state index contributed by atoms with van der Waals surface area (Å²) in [6, 6.07) is 1.96. The molecule has 0 saturated carbocycles. The lowest BCUT2D eigenvalue weighted by Crippen LogP contribution is -2.36. The smallest absolute Gasteiger partial charge is 0.410 e. The van der Waals surface area contributed by atoms with Gasteiger partial charge in [-0.15, -0.1) is 0 Å². The quantitative estimate of drug-likeness (QED) is 0.804. The first-order chi connectivity index (χ1) is 10.8. The molecule has 124 valence electrons. The number of fused-ring (bicyclic) bond motifs is 1. The predicted molar refractivity (Wildman–Crippen MR) is 90.6 cm³/mol. The van der Waals surface area contributed by atoms with Crippen molar-refractivity contribution >= 4 is 32.9 Å². The van der Waals surface area contributed by atoms with Crippen molar-refractivity contribution in [2.24, 2.45) is 0 Å². The molecule has 6 nitrogen and oxygen atoms in total. The first-order valence-electron chi connectivity index (χ1n) is 7.59. The normalized spacial score (nSPS) is 18.4. The maximum atomic E-state index is 12.1. The summed E-state index contributed by atoms with van der Waals surface area (Å²) in [4.78, 5) is 21.2. The van der Waals surface area contributed by atoms with Crippen LogP contribution in [-0.2, 0) is 4.74 Å². The number of ether oxygens (including phenoxy) is 2. The standard InChI is InChI=1S/C16H20BrN3O3/c1-16(2,3)23-15(21)20-7-5-10(9-20)22-13-11-4-6-18-12(11)8-19-14(13)17/h4,6,8,10,18H,5,7,9H2,1-3H3. The number of carbonyl (C=O) groups is 1. The van der Waals surface area contributed by atoms with Gasteiger partial charge in [0.2, 0.25) is 0 Å². The van der Waals surface area contributed by atoms with E-state index < -0.39 is 5.60 Å². The molecular formula is C16H20BrN3O3. The maximum Gasteiger partial charge on any atom is 0.410 e. The van der Waals surface area contributed by atoms with Gasteiger partial charge < -0.3 is 19.4 Å². The molecule has 1 saturated heterocycles. The van der Waals surface area contributed by atoms with E-state index in [1.807, 2.05) is 33.0 Å². The fourth-order valence-corrected chi connectivity index (χ4v) is 2.98. The first kappa shape index (κ1) is 16.1. The summed E-state index contributed by atoms with van der Waals surface area (Å²) in [6.07, 6.45) is 4.02. The molecule has 2 aromatic heterocycles. The van der Waals surface area contributed by atoms with Gasteiger partial charge in [-0.25, -0.2) is 9.78 Å². The lowest BCUT2D eigenvalue weighted by atomic mass is 10.2. The van der Waals surface area contributed by atoms with Gasteiger partial charge in [0, 0.05) is 24.5 Å². The molecular weight excluding hydrogens is 362 g/mol. The monoisotopic (exact) mass is 381 g/mol. The minimum absolute atomic E-state index is 0.0684. The molecule has 7 heteroatoms. The minimum Gasteiger partial charge on any atom is -0.485 e.